The molecule has 2 N–H and O–H groups in total. The molecule has 94 valence electrons. The highest BCUT2D eigenvalue weighted by Crippen LogP contribution is 2.22. The van der Waals surface area contributed by atoms with E-state index in [0.29, 0.717) is 12.0 Å². The first-order valence-electron chi connectivity index (χ1n) is 5.99. The Morgan fingerprint density at radius 2 is 2.00 bits per heavy atom. The number of amides is 1. The number of aliphatic hydroxyl groups is 1. The standard InChI is InChI=1S/C14H15NO3/c1-2-6-10-13(17)11(14(18)15-10)12(16)9-7-4-3-5-8-9/h3-5,7-8,10,17H,2,6H2,1H3,(H,15,18). The van der Waals surface area contributed by atoms with Crippen molar-refractivity contribution < 1.29 is 14.7 Å². The lowest BCUT2D eigenvalue weighted by molar-refractivity contribution is -0.116. The van der Waals surface area contributed by atoms with E-state index in [1.807, 2.05) is 6.92 Å². The Labute approximate surface area is 105 Å². The van der Waals surface area contributed by atoms with E-state index in [1.54, 1.807) is 30.3 Å². The van der Waals surface area contributed by atoms with Gasteiger partial charge in [-0.1, -0.05) is 43.7 Å². The van der Waals surface area contributed by atoms with Gasteiger partial charge in [-0.15, -0.1) is 0 Å². The number of aliphatic hydroxyl groups excluding tert-OH is 1. The molecule has 1 aromatic carbocycles. The molecule has 0 saturated carbocycles. The van der Waals surface area contributed by atoms with Crippen LogP contribution in [-0.4, -0.2) is 22.8 Å². The minimum absolute atomic E-state index is 0.125. The van der Waals surface area contributed by atoms with Gasteiger partial charge in [0.15, 0.2) is 0 Å². The number of Topliss-reactive ketones (excluding diaryl/α,β-unsaturated/α-hetero) is 1. The molecule has 4 nitrogen and oxygen atoms in total. The molecular weight excluding hydrogens is 230 g/mol. The highest BCUT2D eigenvalue weighted by molar-refractivity contribution is 6.27. The summed E-state index contributed by atoms with van der Waals surface area (Å²) < 4.78 is 0. The average molecular weight is 245 g/mol. The van der Waals surface area contributed by atoms with Crippen LogP contribution in [0, 0.1) is 0 Å². The van der Waals surface area contributed by atoms with Crippen molar-refractivity contribution in [3.05, 3.63) is 47.2 Å². The second-order valence-electron chi connectivity index (χ2n) is 4.27. The molecule has 2 rings (SSSR count). The zero-order valence-corrected chi connectivity index (χ0v) is 10.1. The normalized spacial score (nSPS) is 18.9. The van der Waals surface area contributed by atoms with E-state index in [0.717, 1.165) is 6.42 Å². The predicted molar refractivity (Wildman–Crippen MR) is 67.3 cm³/mol. The number of rotatable bonds is 4. The minimum Gasteiger partial charge on any atom is -0.509 e. The van der Waals surface area contributed by atoms with Crippen LogP contribution in [0.4, 0.5) is 0 Å². The first-order chi connectivity index (χ1) is 8.65. The first-order valence-corrected chi connectivity index (χ1v) is 5.99. The van der Waals surface area contributed by atoms with Gasteiger partial charge in [0.05, 0.1) is 6.04 Å². The Kier molecular flexibility index (Phi) is 3.46. The van der Waals surface area contributed by atoms with Crippen molar-refractivity contribution in [1.29, 1.82) is 0 Å². The number of carbonyl (C=O) groups excluding carboxylic acids is 2. The van der Waals surface area contributed by atoms with Crippen molar-refractivity contribution in [2.75, 3.05) is 0 Å². The Morgan fingerprint density at radius 3 is 2.61 bits per heavy atom. The summed E-state index contributed by atoms with van der Waals surface area (Å²) in [6.07, 6.45) is 1.45. The quantitative estimate of drug-likeness (QED) is 0.629. The third kappa shape index (κ3) is 2.14. The van der Waals surface area contributed by atoms with Crippen LogP contribution in [-0.2, 0) is 4.79 Å². The van der Waals surface area contributed by atoms with E-state index in [2.05, 4.69) is 5.32 Å². The highest BCUT2D eigenvalue weighted by atomic mass is 16.3. The van der Waals surface area contributed by atoms with Gasteiger partial charge in [0.25, 0.3) is 5.91 Å². The van der Waals surface area contributed by atoms with Gasteiger partial charge in [-0.3, -0.25) is 9.59 Å². The third-order valence-electron chi connectivity index (χ3n) is 2.96. The van der Waals surface area contributed by atoms with Crippen LogP contribution in [0.1, 0.15) is 30.1 Å². The van der Waals surface area contributed by atoms with Gasteiger partial charge in [0.2, 0.25) is 5.78 Å². The fourth-order valence-electron chi connectivity index (χ4n) is 2.04. The smallest absolute Gasteiger partial charge is 0.259 e. The van der Waals surface area contributed by atoms with E-state index in [-0.39, 0.29) is 11.3 Å². The molecule has 1 amide bonds. The number of hydrogen-bond acceptors (Lipinski definition) is 3. The van der Waals surface area contributed by atoms with Crippen molar-refractivity contribution in [3.63, 3.8) is 0 Å². The van der Waals surface area contributed by atoms with Gasteiger partial charge in [-0.05, 0) is 6.42 Å². The molecule has 18 heavy (non-hydrogen) atoms. The van der Waals surface area contributed by atoms with Crippen LogP contribution < -0.4 is 5.32 Å². The lowest BCUT2D eigenvalue weighted by atomic mass is 10.0. The summed E-state index contributed by atoms with van der Waals surface area (Å²) in [7, 11) is 0. The maximum Gasteiger partial charge on any atom is 0.259 e. The number of ketones is 1. The monoisotopic (exact) mass is 245 g/mol. The second kappa shape index (κ2) is 5.04. The van der Waals surface area contributed by atoms with Gasteiger partial charge in [0, 0.05) is 5.56 Å². The third-order valence-corrected chi connectivity index (χ3v) is 2.96. The molecule has 0 aliphatic carbocycles. The molecular formula is C14H15NO3. The molecule has 1 heterocycles. The molecule has 1 aliphatic heterocycles. The average Bonchev–Trinajstić information content (AvgIpc) is 2.65. The van der Waals surface area contributed by atoms with Crippen LogP contribution in [0.2, 0.25) is 0 Å². The zero-order valence-electron chi connectivity index (χ0n) is 10.1. The lowest BCUT2D eigenvalue weighted by Crippen LogP contribution is -2.29. The minimum atomic E-state index is -0.486. The summed E-state index contributed by atoms with van der Waals surface area (Å²) >= 11 is 0. The van der Waals surface area contributed by atoms with E-state index in [4.69, 9.17) is 0 Å². The molecule has 0 aromatic heterocycles. The van der Waals surface area contributed by atoms with E-state index < -0.39 is 17.7 Å². The molecule has 1 atom stereocenters. The first kappa shape index (κ1) is 12.4. The van der Waals surface area contributed by atoms with Gasteiger partial charge < -0.3 is 10.4 Å². The lowest BCUT2D eigenvalue weighted by Gasteiger charge is -2.08. The number of carbonyl (C=O) groups is 2. The van der Waals surface area contributed by atoms with Crippen molar-refractivity contribution >= 4 is 11.7 Å². The molecule has 1 unspecified atom stereocenters. The molecule has 0 bridgehead atoms. The Balaban J connectivity index is 2.32. The number of benzene rings is 1. The fraction of sp³-hybridized carbons (Fsp3) is 0.286. The Hall–Kier alpha value is -2.10. The number of hydrogen-bond donors (Lipinski definition) is 2. The topological polar surface area (TPSA) is 66.4 Å². The number of nitrogens with one attached hydrogen (secondary N) is 1. The Morgan fingerprint density at radius 1 is 1.33 bits per heavy atom. The molecule has 0 spiro atoms. The van der Waals surface area contributed by atoms with Gasteiger partial charge in [0.1, 0.15) is 11.3 Å². The van der Waals surface area contributed by atoms with E-state index in [9.17, 15) is 14.7 Å². The Bertz CT molecular complexity index is 505. The molecule has 1 aromatic rings. The van der Waals surface area contributed by atoms with Crippen LogP contribution in [0.25, 0.3) is 0 Å². The van der Waals surface area contributed by atoms with Crippen molar-refractivity contribution in [1.82, 2.24) is 5.32 Å². The van der Waals surface area contributed by atoms with E-state index >= 15 is 0 Å². The SMILES string of the molecule is CCCC1NC(=O)C(C(=O)c2ccccc2)=C1O. The van der Waals surface area contributed by atoms with Crippen LogP contribution in [0.5, 0.6) is 0 Å². The van der Waals surface area contributed by atoms with E-state index in [1.165, 1.54) is 0 Å². The maximum absolute atomic E-state index is 12.1. The molecule has 0 radical (unpaired) electrons. The second-order valence-corrected chi connectivity index (χ2v) is 4.27. The molecule has 0 saturated heterocycles. The zero-order chi connectivity index (χ0) is 13.1. The maximum atomic E-state index is 12.1. The van der Waals surface area contributed by atoms with Crippen molar-refractivity contribution in [3.8, 4) is 0 Å². The molecule has 4 heteroatoms. The molecule has 0 fully saturated rings. The van der Waals surface area contributed by atoms with Gasteiger partial charge in [-0.25, -0.2) is 0 Å². The largest absolute Gasteiger partial charge is 0.509 e. The van der Waals surface area contributed by atoms with Gasteiger partial charge >= 0.3 is 0 Å². The van der Waals surface area contributed by atoms with Crippen molar-refractivity contribution in [2.24, 2.45) is 0 Å². The highest BCUT2D eigenvalue weighted by Gasteiger charge is 2.35. The summed E-state index contributed by atoms with van der Waals surface area (Å²) in [4.78, 5) is 23.9. The predicted octanol–water partition coefficient (Wildman–Crippen LogP) is 1.98. The van der Waals surface area contributed by atoms with Crippen LogP contribution >= 0.6 is 0 Å². The van der Waals surface area contributed by atoms with Crippen LogP contribution in [0.3, 0.4) is 0 Å². The molecule has 1 aliphatic rings. The fourth-order valence-corrected chi connectivity index (χ4v) is 2.04. The van der Waals surface area contributed by atoms with Crippen LogP contribution in [0.15, 0.2) is 41.7 Å². The summed E-state index contributed by atoms with van der Waals surface area (Å²) in [6.45, 7) is 1.95. The summed E-state index contributed by atoms with van der Waals surface area (Å²) in [6, 6.07) is 8.07. The summed E-state index contributed by atoms with van der Waals surface area (Å²) in [5.41, 5.74) is 0.283. The summed E-state index contributed by atoms with van der Waals surface area (Å²) in [5, 5.41) is 12.6. The van der Waals surface area contributed by atoms with Gasteiger partial charge in [-0.2, -0.15) is 0 Å². The van der Waals surface area contributed by atoms with Crippen molar-refractivity contribution in [2.45, 2.75) is 25.8 Å². The summed E-state index contributed by atoms with van der Waals surface area (Å²) in [5.74, 6) is -1.04.